The Labute approximate surface area is 171 Å². The summed E-state index contributed by atoms with van der Waals surface area (Å²) in [7, 11) is -3.48. The zero-order valence-corrected chi connectivity index (χ0v) is 16.3. The van der Waals surface area contributed by atoms with Crippen molar-refractivity contribution in [3.63, 3.8) is 0 Å². The van der Waals surface area contributed by atoms with Gasteiger partial charge in [0.2, 0.25) is 0 Å². The molecule has 0 saturated carbocycles. The van der Waals surface area contributed by atoms with Gasteiger partial charge in [0.15, 0.2) is 9.84 Å². The number of halogens is 3. The SMILES string of the molecule is O=C(NC1CS(=O)(=O)c2ccccc21)c1ccccc1-c1ccc(C(F)(F)F)cc1. The fourth-order valence-corrected chi connectivity index (χ4v) is 5.31. The highest BCUT2D eigenvalue weighted by molar-refractivity contribution is 7.91. The van der Waals surface area contributed by atoms with Gasteiger partial charge in [-0.3, -0.25) is 4.79 Å². The predicted octanol–water partition coefficient (Wildman–Crippen LogP) is 4.63. The van der Waals surface area contributed by atoms with Crippen LogP contribution in [0.2, 0.25) is 0 Å². The van der Waals surface area contributed by atoms with E-state index in [1.54, 1.807) is 42.5 Å². The molecule has 4 rings (SSSR count). The van der Waals surface area contributed by atoms with Crippen LogP contribution < -0.4 is 5.32 Å². The van der Waals surface area contributed by atoms with Crippen molar-refractivity contribution in [3.8, 4) is 11.1 Å². The number of hydrogen-bond donors (Lipinski definition) is 1. The normalized spacial score (nSPS) is 17.4. The highest BCUT2D eigenvalue weighted by Gasteiger charge is 2.35. The Balaban J connectivity index is 1.64. The van der Waals surface area contributed by atoms with E-state index >= 15 is 0 Å². The highest BCUT2D eigenvalue weighted by atomic mass is 32.2. The number of fused-ring (bicyclic) bond motifs is 1. The summed E-state index contributed by atoms with van der Waals surface area (Å²) in [6.07, 6.45) is -4.45. The van der Waals surface area contributed by atoms with Gasteiger partial charge in [0.1, 0.15) is 0 Å². The monoisotopic (exact) mass is 431 g/mol. The fourth-order valence-electron chi connectivity index (χ4n) is 3.58. The Morgan fingerprint density at radius 1 is 0.900 bits per heavy atom. The first-order chi connectivity index (χ1) is 14.2. The minimum atomic E-state index is -4.45. The molecule has 0 spiro atoms. The molecule has 0 saturated heterocycles. The molecular weight excluding hydrogens is 415 g/mol. The Morgan fingerprint density at radius 3 is 2.23 bits per heavy atom. The average molecular weight is 431 g/mol. The largest absolute Gasteiger partial charge is 0.416 e. The van der Waals surface area contributed by atoms with E-state index in [1.807, 2.05) is 0 Å². The smallest absolute Gasteiger partial charge is 0.344 e. The second-order valence-corrected chi connectivity index (χ2v) is 8.97. The lowest BCUT2D eigenvalue weighted by atomic mass is 9.97. The second kappa shape index (κ2) is 7.28. The molecule has 1 aliphatic rings. The van der Waals surface area contributed by atoms with Crippen LogP contribution in [0, 0.1) is 0 Å². The maximum atomic E-state index is 13.0. The third-order valence-electron chi connectivity index (χ3n) is 5.02. The molecule has 3 aromatic carbocycles. The van der Waals surface area contributed by atoms with Gasteiger partial charge in [0, 0.05) is 5.56 Å². The number of nitrogens with one attached hydrogen (secondary N) is 1. The molecule has 3 aromatic rings. The molecule has 1 amide bonds. The number of carbonyl (C=O) groups excluding carboxylic acids is 1. The Hall–Kier alpha value is -3.13. The lowest BCUT2D eigenvalue weighted by Gasteiger charge is -2.15. The van der Waals surface area contributed by atoms with E-state index in [0.29, 0.717) is 16.7 Å². The van der Waals surface area contributed by atoms with E-state index in [4.69, 9.17) is 0 Å². The molecule has 0 bridgehead atoms. The zero-order valence-electron chi connectivity index (χ0n) is 15.5. The van der Waals surface area contributed by atoms with Gasteiger partial charge in [-0.15, -0.1) is 0 Å². The predicted molar refractivity (Wildman–Crippen MR) is 106 cm³/mol. The lowest BCUT2D eigenvalue weighted by Crippen LogP contribution is -2.30. The van der Waals surface area contributed by atoms with Crippen molar-refractivity contribution in [3.05, 3.63) is 89.5 Å². The Bertz CT molecular complexity index is 1220. The maximum Gasteiger partial charge on any atom is 0.416 e. The van der Waals surface area contributed by atoms with Gasteiger partial charge in [-0.05, 0) is 41.0 Å². The van der Waals surface area contributed by atoms with Gasteiger partial charge >= 0.3 is 6.18 Å². The molecule has 0 aromatic heterocycles. The minimum absolute atomic E-state index is 0.200. The van der Waals surface area contributed by atoms with Crippen molar-refractivity contribution in [1.82, 2.24) is 5.32 Å². The van der Waals surface area contributed by atoms with Crippen molar-refractivity contribution in [2.45, 2.75) is 17.1 Å². The molecule has 0 radical (unpaired) electrons. The summed E-state index contributed by atoms with van der Waals surface area (Å²) in [5, 5.41) is 2.75. The van der Waals surface area contributed by atoms with Crippen molar-refractivity contribution in [2.24, 2.45) is 0 Å². The standard InChI is InChI=1S/C22H16F3NO3S/c23-22(24,25)15-11-9-14(10-12-15)16-5-1-2-6-17(16)21(27)26-19-13-30(28,29)20-8-4-3-7-18(19)20/h1-12,19H,13H2,(H,26,27). The van der Waals surface area contributed by atoms with E-state index in [-0.39, 0.29) is 16.2 Å². The molecule has 1 atom stereocenters. The topological polar surface area (TPSA) is 63.2 Å². The third-order valence-corrected chi connectivity index (χ3v) is 6.83. The van der Waals surface area contributed by atoms with Crippen LogP contribution in [0.25, 0.3) is 11.1 Å². The van der Waals surface area contributed by atoms with E-state index in [9.17, 15) is 26.4 Å². The number of hydrogen-bond acceptors (Lipinski definition) is 3. The van der Waals surface area contributed by atoms with Crippen LogP contribution in [0.4, 0.5) is 13.2 Å². The van der Waals surface area contributed by atoms with Crippen molar-refractivity contribution in [2.75, 3.05) is 5.75 Å². The highest BCUT2D eigenvalue weighted by Crippen LogP contribution is 2.34. The zero-order chi connectivity index (χ0) is 21.5. The van der Waals surface area contributed by atoms with Crippen LogP contribution >= 0.6 is 0 Å². The van der Waals surface area contributed by atoms with Gasteiger partial charge in [-0.2, -0.15) is 13.2 Å². The van der Waals surface area contributed by atoms with Crippen LogP contribution in [-0.2, 0) is 16.0 Å². The first-order valence-electron chi connectivity index (χ1n) is 9.06. The lowest BCUT2D eigenvalue weighted by molar-refractivity contribution is -0.137. The van der Waals surface area contributed by atoms with E-state index in [0.717, 1.165) is 12.1 Å². The van der Waals surface area contributed by atoms with Gasteiger partial charge < -0.3 is 5.32 Å². The van der Waals surface area contributed by atoms with Crippen molar-refractivity contribution >= 4 is 15.7 Å². The first-order valence-corrected chi connectivity index (χ1v) is 10.7. The molecule has 4 nitrogen and oxygen atoms in total. The molecule has 154 valence electrons. The van der Waals surface area contributed by atoms with Crippen molar-refractivity contribution < 1.29 is 26.4 Å². The number of rotatable bonds is 3. The van der Waals surface area contributed by atoms with Crippen LogP contribution in [0.3, 0.4) is 0 Å². The van der Waals surface area contributed by atoms with Gasteiger partial charge in [-0.25, -0.2) is 8.42 Å². The van der Waals surface area contributed by atoms with Crippen LogP contribution in [-0.4, -0.2) is 20.1 Å². The third kappa shape index (κ3) is 3.70. The fraction of sp³-hybridized carbons (Fsp3) is 0.136. The Morgan fingerprint density at radius 2 is 1.53 bits per heavy atom. The van der Waals surface area contributed by atoms with E-state index in [2.05, 4.69) is 5.32 Å². The van der Waals surface area contributed by atoms with Crippen LogP contribution in [0.1, 0.15) is 27.5 Å². The number of sulfone groups is 1. The molecule has 0 fully saturated rings. The summed E-state index contributed by atoms with van der Waals surface area (Å²) >= 11 is 0. The number of carbonyl (C=O) groups is 1. The summed E-state index contributed by atoms with van der Waals surface area (Å²) in [4.78, 5) is 13.2. The van der Waals surface area contributed by atoms with Crippen molar-refractivity contribution in [1.29, 1.82) is 0 Å². The number of benzene rings is 3. The molecule has 1 aliphatic heterocycles. The van der Waals surface area contributed by atoms with E-state index in [1.165, 1.54) is 18.2 Å². The van der Waals surface area contributed by atoms with Gasteiger partial charge in [0.05, 0.1) is 22.3 Å². The molecule has 0 aliphatic carbocycles. The second-order valence-electron chi connectivity index (χ2n) is 6.97. The summed E-state index contributed by atoms with van der Waals surface area (Å²) < 4.78 is 63.2. The maximum absolute atomic E-state index is 13.0. The number of amides is 1. The molecule has 1 N–H and O–H groups in total. The molecule has 1 heterocycles. The summed E-state index contributed by atoms with van der Waals surface area (Å²) in [6.45, 7) is 0. The first kappa shape index (κ1) is 20.2. The van der Waals surface area contributed by atoms with Crippen LogP contribution in [0.5, 0.6) is 0 Å². The molecular formula is C22H16F3NO3S. The number of alkyl halides is 3. The summed E-state index contributed by atoms with van der Waals surface area (Å²) in [5.41, 5.74) is 0.906. The summed E-state index contributed by atoms with van der Waals surface area (Å²) in [6, 6.07) is 16.9. The molecule has 8 heteroatoms. The quantitative estimate of drug-likeness (QED) is 0.658. The average Bonchev–Trinajstić information content (AvgIpc) is 2.98. The van der Waals surface area contributed by atoms with Gasteiger partial charge in [0.25, 0.3) is 5.91 Å². The van der Waals surface area contributed by atoms with E-state index < -0.39 is 33.5 Å². The summed E-state index contributed by atoms with van der Waals surface area (Å²) in [5.74, 6) is -0.733. The molecule has 30 heavy (non-hydrogen) atoms. The Kier molecular flexibility index (Phi) is 4.89. The minimum Gasteiger partial charge on any atom is -0.344 e. The molecule has 1 unspecified atom stereocenters. The van der Waals surface area contributed by atoms with Gasteiger partial charge in [-0.1, -0.05) is 48.5 Å². The van der Waals surface area contributed by atoms with Crippen LogP contribution in [0.15, 0.2) is 77.7 Å².